The number of fused-ring (bicyclic) bond motifs is 1. The summed E-state index contributed by atoms with van der Waals surface area (Å²) in [5, 5.41) is 16.2. The fourth-order valence-corrected chi connectivity index (χ4v) is 2.69. The average Bonchev–Trinajstić information content (AvgIpc) is 2.96. The summed E-state index contributed by atoms with van der Waals surface area (Å²) in [4.78, 5) is 0. The highest BCUT2D eigenvalue weighted by Crippen LogP contribution is 2.39. The molecule has 0 saturated heterocycles. The van der Waals surface area contributed by atoms with Crippen LogP contribution in [0.15, 0.2) is 30.5 Å². The molecule has 0 spiro atoms. The Morgan fingerprint density at radius 3 is 3.00 bits per heavy atom. The van der Waals surface area contributed by atoms with Crippen LogP contribution in [0.5, 0.6) is 5.75 Å². The lowest BCUT2D eigenvalue weighted by Gasteiger charge is -2.32. The number of ether oxygens (including phenoxy) is 1. The first-order valence-electron chi connectivity index (χ1n) is 6.80. The zero-order valence-corrected chi connectivity index (χ0v) is 11.8. The van der Waals surface area contributed by atoms with Gasteiger partial charge in [0, 0.05) is 0 Å². The number of nitrogens with zero attached hydrogens (tertiary/aromatic N) is 3. The van der Waals surface area contributed by atoms with Gasteiger partial charge in [0.25, 0.3) is 6.43 Å². The smallest absolute Gasteiger partial charge is 0.260 e. The van der Waals surface area contributed by atoms with Crippen LogP contribution in [0.4, 0.5) is 14.6 Å². The van der Waals surface area contributed by atoms with Gasteiger partial charge in [0.15, 0.2) is 0 Å². The molecule has 0 fully saturated rings. The lowest BCUT2D eigenvalue weighted by molar-refractivity contribution is 0.0658. The van der Waals surface area contributed by atoms with Gasteiger partial charge in [-0.25, -0.2) is 13.5 Å². The van der Waals surface area contributed by atoms with Gasteiger partial charge in [-0.15, -0.1) is 0 Å². The number of benzene rings is 1. The Bertz CT molecular complexity index is 723. The number of nitriles is 1. The van der Waals surface area contributed by atoms with Gasteiger partial charge in [-0.05, 0) is 24.1 Å². The molecule has 0 saturated carbocycles. The number of anilines is 1. The predicted molar refractivity (Wildman–Crippen MR) is 76.0 cm³/mol. The molecule has 22 heavy (non-hydrogen) atoms. The molecule has 5 nitrogen and oxygen atoms in total. The summed E-state index contributed by atoms with van der Waals surface area (Å²) in [5.74, 6) is 0.999. The molecule has 0 amide bonds. The van der Waals surface area contributed by atoms with Crippen LogP contribution < -0.4 is 10.1 Å². The first kappa shape index (κ1) is 14.3. The van der Waals surface area contributed by atoms with E-state index in [1.54, 1.807) is 19.2 Å². The molecule has 3 rings (SSSR count). The van der Waals surface area contributed by atoms with Gasteiger partial charge in [-0.3, -0.25) is 0 Å². The Labute approximate surface area is 126 Å². The van der Waals surface area contributed by atoms with Gasteiger partial charge in [0.2, 0.25) is 0 Å². The van der Waals surface area contributed by atoms with E-state index in [2.05, 4.69) is 10.4 Å². The minimum Gasteiger partial charge on any atom is -0.497 e. The summed E-state index contributed by atoms with van der Waals surface area (Å²) < 4.78 is 33.1. The van der Waals surface area contributed by atoms with Crippen molar-refractivity contribution in [3.63, 3.8) is 0 Å². The van der Waals surface area contributed by atoms with Crippen LogP contribution in [0.1, 0.15) is 29.6 Å². The molecule has 1 aromatic heterocycles. The molecule has 2 aromatic rings. The second kappa shape index (κ2) is 5.64. The molecule has 0 aliphatic carbocycles. The lowest BCUT2D eigenvalue weighted by atomic mass is 9.97. The number of aromatic nitrogens is 2. The van der Waals surface area contributed by atoms with Gasteiger partial charge in [-0.1, -0.05) is 12.1 Å². The summed E-state index contributed by atoms with van der Waals surface area (Å²) >= 11 is 0. The molecule has 2 atom stereocenters. The van der Waals surface area contributed by atoms with E-state index in [1.807, 2.05) is 18.2 Å². The van der Waals surface area contributed by atoms with E-state index in [1.165, 1.54) is 10.9 Å². The molecule has 114 valence electrons. The second-order valence-corrected chi connectivity index (χ2v) is 5.07. The number of alkyl halides is 2. The monoisotopic (exact) mass is 304 g/mol. The fourth-order valence-electron chi connectivity index (χ4n) is 2.69. The van der Waals surface area contributed by atoms with Crippen molar-refractivity contribution in [2.45, 2.75) is 24.9 Å². The average molecular weight is 304 g/mol. The third kappa shape index (κ3) is 2.37. The van der Waals surface area contributed by atoms with E-state index in [9.17, 15) is 8.78 Å². The zero-order valence-electron chi connectivity index (χ0n) is 11.8. The van der Waals surface area contributed by atoms with E-state index in [-0.39, 0.29) is 18.0 Å². The maximum atomic E-state index is 13.4. The molecule has 2 heterocycles. The largest absolute Gasteiger partial charge is 0.497 e. The van der Waals surface area contributed by atoms with Crippen LogP contribution in [0, 0.1) is 11.3 Å². The predicted octanol–water partition coefficient (Wildman–Crippen LogP) is 3.13. The summed E-state index contributed by atoms with van der Waals surface area (Å²) in [5.41, 5.74) is 1.10. The van der Waals surface area contributed by atoms with Crippen LogP contribution in [0.25, 0.3) is 0 Å². The molecule has 0 radical (unpaired) electrons. The maximum absolute atomic E-state index is 13.4. The van der Waals surface area contributed by atoms with Crippen molar-refractivity contribution < 1.29 is 13.5 Å². The highest BCUT2D eigenvalue weighted by molar-refractivity contribution is 5.54. The Morgan fingerprint density at radius 1 is 1.50 bits per heavy atom. The Balaban J connectivity index is 2.00. The van der Waals surface area contributed by atoms with E-state index in [0.29, 0.717) is 11.6 Å². The van der Waals surface area contributed by atoms with E-state index < -0.39 is 12.5 Å². The van der Waals surface area contributed by atoms with Gasteiger partial charge >= 0.3 is 0 Å². The van der Waals surface area contributed by atoms with Gasteiger partial charge in [-0.2, -0.15) is 10.4 Å². The summed E-state index contributed by atoms with van der Waals surface area (Å²) in [6.45, 7) is 0. The number of hydrogen-bond acceptors (Lipinski definition) is 4. The minimum atomic E-state index is -2.56. The topological polar surface area (TPSA) is 62.9 Å². The molecule has 1 aliphatic heterocycles. The van der Waals surface area contributed by atoms with Crippen molar-refractivity contribution in [2.24, 2.45) is 0 Å². The Kier molecular flexibility index (Phi) is 3.67. The first-order valence-corrected chi connectivity index (χ1v) is 6.80. The molecule has 7 heteroatoms. The van der Waals surface area contributed by atoms with Crippen molar-refractivity contribution in [3.05, 3.63) is 41.6 Å². The van der Waals surface area contributed by atoms with Crippen LogP contribution >= 0.6 is 0 Å². The first-order chi connectivity index (χ1) is 10.6. The maximum Gasteiger partial charge on any atom is 0.260 e. The number of rotatable bonds is 3. The molecule has 0 unspecified atom stereocenters. The fraction of sp³-hybridized carbons (Fsp3) is 0.333. The van der Waals surface area contributed by atoms with Crippen molar-refractivity contribution in [1.82, 2.24) is 9.78 Å². The quantitative estimate of drug-likeness (QED) is 0.946. The van der Waals surface area contributed by atoms with Crippen LogP contribution in [-0.4, -0.2) is 23.3 Å². The van der Waals surface area contributed by atoms with Crippen molar-refractivity contribution >= 4 is 5.82 Å². The minimum absolute atomic E-state index is 0.185. The van der Waals surface area contributed by atoms with E-state index in [4.69, 9.17) is 10.00 Å². The van der Waals surface area contributed by atoms with Crippen LogP contribution in [-0.2, 0) is 0 Å². The number of nitrogens with one attached hydrogen (secondary N) is 1. The third-order valence-corrected chi connectivity index (χ3v) is 3.81. The third-order valence-electron chi connectivity index (χ3n) is 3.81. The van der Waals surface area contributed by atoms with Gasteiger partial charge < -0.3 is 10.1 Å². The van der Waals surface area contributed by atoms with Gasteiger partial charge in [0.1, 0.15) is 29.2 Å². The van der Waals surface area contributed by atoms with Gasteiger partial charge in [0.05, 0.1) is 19.3 Å². The highest BCUT2D eigenvalue weighted by Gasteiger charge is 2.35. The Hall–Kier alpha value is -2.62. The molecular formula is C15H14F2N4O. The zero-order chi connectivity index (χ0) is 15.7. The summed E-state index contributed by atoms with van der Waals surface area (Å²) in [6, 6.07) is 7.84. The van der Waals surface area contributed by atoms with Crippen LogP contribution in [0.3, 0.4) is 0 Å². The summed E-state index contributed by atoms with van der Waals surface area (Å²) in [7, 11) is 1.55. The number of halogens is 2. The van der Waals surface area contributed by atoms with Crippen molar-refractivity contribution in [3.8, 4) is 11.8 Å². The lowest BCUT2D eigenvalue weighted by Crippen LogP contribution is -2.31. The second-order valence-electron chi connectivity index (χ2n) is 5.07. The standard InChI is InChI=1S/C15H14F2N4O/c1-22-11-4-2-3-9(5-11)12-6-13(14(16)17)21-15(20-12)10(7-18)8-19-21/h2-5,8,12-14,20H,6H2,1H3/t12-,13+/m0/s1. The van der Waals surface area contributed by atoms with E-state index in [0.717, 1.165) is 5.56 Å². The molecular weight excluding hydrogens is 290 g/mol. The summed E-state index contributed by atoms with van der Waals surface area (Å²) in [6.07, 6.45) is -1.06. The molecule has 1 aliphatic rings. The van der Waals surface area contributed by atoms with Crippen molar-refractivity contribution in [1.29, 1.82) is 5.26 Å². The van der Waals surface area contributed by atoms with E-state index >= 15 is 0 Å². The normalized spacial score (nSPS) is 20.1. The Morgan fingerprint density at radius 2 is 2.32 bits per heavy atom. The van der Waals surface area contributed by atoms with Crippen LogP contribution in [0.2, 0.25) is 0 Å². The molecule has 1 aromatic carbocycles. The highest BCUT2D eigenvalue weighted by atomic mass is 19.3. The van der Waals surface area contributed by atoms with Crippen molar-refractivity contribution in [2.75, 3.05) is 12.4 Å². The molecule has 0 bridgehead atoms. The number of hydrogen-bond donors (Lipinski definition) is 1. The molecule has 1 N–H and O–H groups in total. The number of methoxy groups -OCH3 is 1. The SMILES string of the molecule is COc1cccc([C@@H]2C[C@H](C(F)F)n3ncc(C#N)c3N2)c1.